The molecule has 0 aliphatic carbocycles. The molecule has 8 nitrogen and oxygen atoms in total. The van der Waals surface area contributed by atoms with E-state index in [2.05, 4.69) is 15.3 Å². The zero-order valence-electron chi connectivity index (χ0n) is 19.0. The van der Waals surface area contributed by atoms with Gasteiger partial charge in [-0.2, -0.15) is 4.31 Å². The average Bonchev–Trinajstić information content (AvgIpc) is 2.85. The van der Waals surface area contributed by atoms with Gasteiger partial charge in [0.1, 0.15) is 0 Å². The summed E-state index contributed by atoms with van der Waals surface area (Å²) < 4.78 is 32.5. The molecule has 1 aromatic heterocycles. The Balaban J connectivity index is 1.45. The zero-order chi connectivity index (χ0) is 24.1. The van der Waals surface area contributed by atoms with E-state index in [0.29, 0.717) is 37.1 Å². The first-order chi connectivity index (χ1) is 16.3. The van der Waals surface area contributed by atoms with Gasteiger partial charge in [-0.25, -0.2) is 18.4 Å². The number of anilines is 1. The van der Waals surface area contributed by atoms with Gasteiger partial charge in [-0.1, -0.05) is 48.2 Å². The summed E-state index contributed by atoms with van der Waals surface area (Å²) in [4.78, 5) is 22.1. The molecule has 0 spiro atoms. The lowest BCUT2D eigenvalue weighted by atomic mass is 10.1. The Labute approximate surface area is 203 Å². The monoisotopic (exact) mass is 498 g/mol. The number of sulfonamides is 1. The first-order valence-corrected chi connectivity index (χ1v) is 13.2. The number of nitrogens with one attached hydrogen (secondary N) is 1. The van der Waals surface area contributed by atoms with Crippen molar-refractivity contribution in [2.24, 2.45) is 0 Å². The van der Waals surface area contributed by atoms with Crippen LogP contribution in [0.5, 0.6) is 0 Å². The van der Waals surface area contributed by atoms with Crippen LogP contribution in [0.15, 0.2) is 70.7 Å². The summed E-state index contributed by atoms with van der Waals surface area (Å²) in [7, 11) is -3.65. The molecule has 34 heavy (non-hydrogen) atoms. The summed E-state index contributed by atoms with van der Waals surface area (Å²) in [6, 6.07) is 18.0. The van der Waals surface area contributed by atoms with Crippen molar-refractivity contribution in [1.82, 2.24) is 14.3 Å². The standard InChI is InChI=1S/C24H26N4O4S2/c1-17-15-22(19-7-4-3-5-8-19)27-24(25-17)33-18(2)23(29)26-20-9-6-10-21(16-20)34(30,31)28-11-13-32-14-12-28/h3-10,15-16,18H,11-14H2,1-2H3,(H,26,29)/t18-/m0/s1. The smallest absolute Gasteiger partial charge is 0.243 e. The van der Waals surface area contributed by atoms with E-state index in [4.69, 9.17) is 4.74 Å². The Hall–Kier alpha value is -2.79. The lowest BCUT2D eigenvalue weighted by Crippen LogP contribution is -2.40. The number of rotatable bonds is 7. The van der Waals surface area contributed by atoms with Crippen molar-refractivity contribution in [2.45, 2.75) is 29.1 Å². The zero-order valence-corrected chi connectivity index (χ0v) is 20.6. The summed E-state index contributed by atoms with van der Waals surface area (Å²) >= 11 is 1.25. The molecule has 1 fully saturated rings. The van der Waals surface area contributed by atoms with Crippen LogP contribution >= 0.6 is 11.8 Å². The van der Waals surface area contributed by atoms with Crippen molar-refractivity contribution >= 4 is 33.4 Å². The van der Waals surface area contributed by atoms with Crippen molar-refractivity contribution < 1.29 is 17.9 Å². The fraction of sp³-hybridized carbons (Fsp3) is 0.292. The first kappa shape index (κ1) is 24.3. The minimum Gasteiger partial charge on any atom is -0.379 e. The van der Waals surface area contributed by atoms with Crippen LogP contribution in [0, 0.1) is 6.92 Å². The van der Waals surface area contributed by atoms with Gasteiger partial charge in [-0.3, -0.25) is 4.79 Å². The van der Waals surface area contributed by atoms with E-state index in [1.165, 1.54) is 28.2 Å². The van der Waals surface area contributed by atoms with Crippen molar-refractivity contribution in [3.05, 3.63) is 66.4 Å². The third kappa shape index (κ3) is 5.82. The molecule has 1 amide bonds. The third-order valence-corrected chi connectivity index (χ3v) is 8.12. The highest BCUT2D eigenvalue weighted by Crippen LogP contribution is 2.26. The molecule has 0 saturated carbocycles. The Morgan fingerprint density at radius 1 is 1.06 bits per heavy atom. The Kier molecular flexibility index (Phi) is 7.62. The van der Waals surface area contributed by atoms with Crippen LogP contribution in [0.25, 0.3) is 11.3 Å². The van der Waals surface area contributed by atoms with Gasteiger partial charge in [0, 0.05) is 30.0 Å². The number of nitrogens with zero attached hydrogens (tertiary/aromatic N) is 3. The molecule has 2 aromatic carbocycles. The second-order valence-corrected chi connectivity index (χ2v) is 11.1. The van der Waals surface area contributed by atoms with Gasteiger partial charge in [0.15, 0.2) is 5.16 Å². The molecule has 3 aromatic rings. The van der Waals surface area contributed by atoms with E-state index >= 15 is 0 Å². The molecule has 1 N–H and O–H groups in total. The fourth-order valence-electron chi connectivity index (χ4n) is 3.48. The second-order valence-electron chi connectivity index (χ2n) is 7.84. The summed E-state index contributed by atoms with van der Waals surface area (Å²) in [5, 5.41) is 2.82. The first-order valence-electron chi connectivity index (χ1n) is 10.9. The molecule has 2 heterocycles. The fourth-order valence-corrected chi connectivity index (χ4v) is 5.76. The van der Waals surface area contributed by atoms with Crippen molar-refractivity contribution in [3.63, 3.8) is 0 Å². The van der Waals surface area contributed by atoms with Crippen LogP contribution in [0.2, 0.25) is 0 Å². The Bertz CT molecular complexity index is 1260. The number of aromatic nitrogens is 2. The summed E-state index contributed by atoms with van der Waals surface area (Å²) in [6.07, 6.45) is 0. The van der Waals surface area contributed by atoms with E-state index in [0.717, 1.165) is 17.0 Å². The number of hydrogen-bond donors (Lipinski definition) is 1. The number of aryl methyl sites for hydroxylation is 1. The Morgan fingerprint density at radius 2 is 1.79 bits per heavy atom. The lowest BCUT2D eigenvalue weighted by molar-refractivity contribution is -0.115. The summed E-state index contributed by atoms with van der Waals surface area (Å²) in [5.74, 6) is -0.266. The predicted octanol–water partition coefficient (Wildman–Crippen LogP) is 3.59. The maximum absolute atomic E-state index is 12.9. The molecule has 1 aliphatic heterocycles. The molecular formula is C24H26N4O4S2. The van der Waals surface area contributed by atoms with Crippen LogP contribution in [0.1, 0.15) is 12.6 Å². The van der Waals surface area contributed by atoms with Crippen LogP contribution < -0.4 is 5.32 Å². The molecule has 0 bridgehead atoms. The number of thioether (sulfide) groups is 1. The average molecular weight is 499 g/mol. The molecule has 10 heteroatoms. The van der Waals surface area contributed by atoms with Crippen LogP contribution in [0.4, 0.5) is 5.69 Å². The number of hydrogen-bond acceptors (Lipinski definition) is 7. The molecule has 1 saturated heterocycles. The quantitative estimate of drug-likeness (QED) is 0.392. The molecule has 178 valence electrons. The summed E-state index contributed by atoms with van der Waals surface area (Å²) in [6.45, 7) is 5.03. The van der Waals surface area contributed by atoms with Crippen molar-refractivity contribution in [1.29, 1.82) is 0 Å². The summed E-state index contributed by atoms with van der Waals surface area (Å²) in [5.41, 5.74) is 3.00. The molecule has 1 aliphatic rings. The molecule has 0 unspecified atom stereocenters. The highest BCUT2D eigenvalue weighted by atomic mass is 32.2. The molecule has 4 rings (SSSR count). The van der Waals surface area contributed by atoms with E-state index < -0.39 is 15.3 Å². The van der Waals surface area contributed by atoms with Gasteiger partial charge in [-0.15, -0.1) is 0 Å². The molecular weight excluding hydrogens is 472 g/mol. The molecule has 1 atom stereocenters. The maximum Gasteiger partial charge on any atom is 0.243 e. The third-order valence-electron chi connectivity index (χ3n) is 5.26. The maximum atomic E-state index is 12.9. The molecule has 0 radical (unpaired) electrons. The van der Waals surface area contributed by atoms with Gasteiger partial charge in [0.05, 0.1) is 29.1 Å². The van der Waals surface area contributed by atoms with Gasteiger partial charge in [0.2, 0.25) is 15.9 Å². The van der Waals surface area contributed by atoms with E-state index in [1.54, 1.807) is 19.1 Å². The SMILES string of the molecule is Cc1cc(-c2ccccc2)nc(S[C@@H](C)C(=O)Nc2cccc(S(=O)(=O)N3CCOCC3)c2)n1. The minimum atomic E-state index is -3.65. The number of carbonyl (C=O) groups excluding carboxylic acids is 1. The normalized spacial score (nSPS) is 15.6. The van der Waals surface area contributed by atoms with Crippen LogP contribution in [-0.2, 0) is 19.6 Å². The number of benzene rings is 2. The largest absolute Gasteiger partial charge is 0.379 e. The lowest BCUT2D eigenvalue weighted by Gasteiger charge is -2.26. The highest BCUT2D eigenvalue weighted by molar-refractivity contribution is 8.00. The van der Waals surface area contributed by atoms with Crippen LogP contribution in [-0.4, -0.2) is 60.2 Å². The van der Waals surface area contributed by atoms with E-state index in [1.807, 2.05) is 43.3 Å². The second kappa shape index (κ2) is 10.6. The van der Waals surface area contributed by atoms with Gasteiger partial charge in [0.25, 0.3) is 0 Å². The van der Waals surface area contributed by atoms with Crippen molar-refractivity contribution in [2.75, 3.05) is 31.6 Å². The number of morpholine rings is 1. The van der Waals surface area contributed by atoms with Crippen LogP contribution in [0.3, 0.4) is 0 Å². The van der Waals surface area contributed by atoms with E-state index in [9.17, 15) is 13.2 Å². The minimum absolute atomic E-state index is 0.141. The highest BCUT2D eigenvalue weighted by Gasteiger charge is 2.26. The number of carbonyl (C=O) groups is 1. The van der Waals surface area contributed by atoms with Gasteiger partial charge >= 0.3 is 0 Å². The predicted molar refractivity (Wildman–Crippen MR) is 132 cm³/mol. The van der Waals surface area contributed by atoms with Gasteiger partial charge < -0.3 is 10.1 Å². The number of amides is 1. The number of ether oxygens (including phenoxy) is 1. The van der Waals surface area contributed by atoms with Gasteiger partial charge in [-0.05, 0) is 38.1 Å². The Morgan fingerprint density at radius 3 is 2.53 bits per heavy atom. The van der Waals surface area contributed by atoms with E-state index in [-0.39, 0.29) is 10.8 Å². The van der Waals surface area contributed by atoms with Crippen molar-refractivity contribution in [3.8, 4) is 11.3 Å². The topological polar surface area (TPSA) is 101 Å².